The Labute approximate surface area is 112 Å². The fourth-order valence-corrected chi connectivity index (χ4v) is 0. The molecule has 8 heteroatoms. The predicted octanol–water partition coefficient (Wildman–Crippen LogP) is -4.41. The molecule has 0 atom stereocenters. The molecule has 0 aromatic carbocycles. The molecule has 0 unspecified atom stereocenters. The van der Waals surface area contributed by atoms with Crippen molar-refractivity contribution in [2.45, 2.75) is 0 Å². The minimum atomic E-state index is -4.64. The first-order valence-electron chi connectivity index (χ1n) is 0.783. The second-order valence-electron chi connectivity index (χ2n) is 0.513. The van der Waals surface area contributed by atoms with Gasteiger partial charge in [0.1, 0.15) is 0 Å². The molecule has 0 aromatic heterocycles. The van der Waals surface area contributed by atoms with E-state index in [1.165, 1.54) is 0 Å². The van der Waals surface area contributed by atoms with E-state index >= 15 is 0 Å². The van der Waals surface area contributed by atoms with Gasteiger partial charge in [-0.2, -0.15) is 0 Å². The molecule has 0 aliphatic carbocycles. The molecule has 0 bridgehead atoms. The summed E-state index contributed by atoms with van der Waals surface area (Å²) in [5.74, 6) is 0. The van der Waals surface area contributed by atoms with Crippen LogP contribution in [0.15, 0.2) is 0 Å². The monoisotopic (exact) mass is 178 g/mol. The number of phosphoric acid groups is 1. The van der Waals surface area contributed by atoms with Gasteiger partial charge in [0.15, 0.2) is 0 Å². The van der Waals surface area contributed by atoms with Gasteiger partial charge >= 0.3 is 88.8 Å². The van der Waals surface area contributed by atoms with Crippen molar-refractivity contribution in [3.63, 3.8) is 0 Å². The molecule has 0 saturated heterocycles. The van der Waals surface area contributed by atoms with Crippen molar-refractivity contribution in [2.75, 3.05) is 0 Å². The third kappa shape index (κ3) is 70.6. The van der Waals surface area contributed by atoms with Gasteiger partial charge in [-0.15, -0.1) is 0 Å². The van der Waals surface area contributed by atoms with Crippen LogP contribution in [-0.2, 0) is 4.57 Å². The maximum atomic E-state index is 8.88. The molecule has 0 aliphatic rings. The first kappa shape index (κ1) is 22.4. The fourth-order valence-electron chi connectivity index (χ4n) is 0. The van der Waals surface area contributed by atoms with E-state index in [4.69, 9.17) is 19.2 Å². The average molecular weight is 178 g/mol. The first-order chi connectivity index (χ1) is 2.00. The Morgan fingerprint density at radius 2 is 1.12 bits per heavy atom. The Hall–Kier alpha value is 2.71. The Bertz CT molecular complexity index is 62.2. The second-order valence-corrected chi connectivity index (χ2v) is 1.54. The van der Waals surface area contributed by atoms with E-state index in [9.17, 15) is 0 Å². The van der Waals surface area contributed by atoms with Crippen molar-refractivity contribution in [3.8, 4) is 0 Å². The van der Waals surface area contributed by atoms with Crippen LogP contribution in [0.25, 0.3) is 0 Å². The SMILES string of the molecule is N.O=P(O)(O)O.[K+].[NaH]. The van der Waals surface area contributed by atoms with E-state index in [-0.39, 0.29) is 87.1 Å². The summed E-state index contributed by atoms with van der Waals surface area (Å²) in [5, 5.41) is 0. The van der Waals surface area contributed by atoms with Crippen LogP contribution in [0, 0.1) is 0 Å². The van der Waals surface area contributed by atoms with E-state index in [0.29, 0.717) is 0 Å². The van der Waals surface area contributed by atoms with E-state index < -0.39 is 7.82 Å². The van der Waals surface area contributed by atoms with Gasteiger partial charge in [-0.3, -0.25) is 0 Å². The standard InChI is InChI=1S/K.H3N.Na.H3O4P.H/c;;;1-5(2,3)4;/h;1H3;;(H3,1,2,3,4);/q+1;;;;. The van der Waals surface area contributed by atoms with Crippen LogP contribution < -0.4 is 57.5 Å². The molecule has 5 nitrogen and oxygen atoms in total. The van der Waals surface area contributed by atoms with Crippen LogP contribution in [0.5, 0.6) is 0 Å². The van der Waals surface area contributed by atoms with Crippen molar-refractivity contribution < 1.29 is 70.6 Å². The zero-order valence-electron chi connectivity index (χ0n) is 3.90. The summed E-state index contributed by atoms with van der Waals surface area (Å²) in [4.78, 5) is 21.6. The van der Waals surface area contributed by atoms with Gasteiger partial charge in [0, 0.05) is 0 Å². The van der Waals surface area contributed by atoms with Gasteiger partial charge in [0.05, 0.1) is 0 Å². The second kappa shape index (κ2) is 9.71. The Balaban J connectivity index is -0.0000000267. The van der Waals surface area contributed by atoms with E-state index in [2.05, 4.69) is 0 Å². The molecule has 6 N–H and O–H groups in total. The Morgan fingerprint density at radius 1 is 1.12 bits per heavy atom. The predicted molar refractivity (Wildman–Crippen MR) is 26.4 cm³/mol. The van der Waals surface area contributed by atoms with Crippen molar-refractivity contribution >= 4 is 37.4 Å². The molecule has 0 rings (SSSR count). The summed E-state index contributed by atoms with van der Waals surface area (Å²) in [6, 6.07) is 0. The van der Waals surface area contributed by atoms with Gasteiger partial charge in [0.2, 0.25) is 0 Å². The van der Waals surface area contributed by atoms with Crippen LogP contribution in [0.1, 0.15) is 0 Å². The molecule has 0 aliphatic heterocycles. The first-order valence-corrected chi connectivity index (χ1v) is 2.35. The molecule has 0 saturated carbocycles. The van der Waals surface area contributed by atoms with Crippen molar-refractivity contribution in [1.29, 1.82) is 0 Å². The molecule has 0 spiro atoms. The zero-order chi connectivity index (χ0) is 4.50. The minimum absolute atomic E-state index is 0. The summed E-state index contributed by atoms with van der Waals surface area (Å²) in [6.45, 7) is 0. The van der Waals surface area contributed by atoms with E-state index in [1.807, 2.05) is 0 Å². The molecule has 0 amide bonds. The normalized spacial score (nSPS) is 7.38. The molecule has 0 aromatic rings. The third-order valence-corrected chi connectivity index (χ3v) is 0. The Morgan fingerprint density at radius 3 is 1.12 bits per heavy atom. The van der Waals surface area contributed by atoms with Gasteiger partial charge in [-0.1, -0.05) is 0 Å². The summed E-state index contributed by atoms with van der Waals surface area (Å²) in [7, 11) is -4.64. The van der Waals surface area contributed by atoms with Crippen molar-refractivity contribution in [1.82, 2.24) is 6.15 Å². The average Bonchev–Trinajstić information content (AvgIpc) is 0.722. The van der Waals surface area contributed by atoms with Crippen molar-refractivity contribution in [2.24, 2.45) is 0 Å². The molecular formula is H7KNNaO4P+. The Kier molecular flexibility index (Phi) is 27.2. The molecule has 0 heterocycles. The van der Waals surface area contributed by atoms with Crippen LogP contribution in [0.2, 0.25) is 0 Å². The third-order valence-electron chi connectivity index (χ3n) is 0. The van der Waals surface area contributed by atoms with Gasteiger partial charge < -0.3 is 20.8 Å². The zero-order valence-corrected chi connectivity index (χ0v) is 7.92. The number of hydrogen-bond acceptors (Lipinski definition) is 2. The quantitative estimate of drug-likeness (QED) is 0.221. The van der Waals surface area contributed by atoms with E-state index in [0.717, 1.165) is 0 Å². The van der Waals surface area contributed by atoms with E-state index in [1.54, 1.807) is 0 Å². The molecule has 8 heavy (non-hydrogen) atoms. The van der Waals surface area contributed by atoms with Crippen molar-refractivity contribution in [3.05, 3.63) is 0 Å². The summed E-state index contributed by atoms with van der Waals surface area (Å²) in [6.07, 6.45) is 0. The fraction of sp³-hybridized carbons (Fsp3) is 0. The van der Waals surface area contributed by atoms with Gasteiger partial charge in [0.25, 0.3) is 0 Å². The topological polar surface area (TPSA) is 113 Å². The molecule has 42 valence electrons. The summed E-state index contributed by atoms with van der Waals surface area (Å²) in [5.41, 5.74) is 0. The van der Waals surface area contributed by atoms with Crippen LogP contribution >= 0.6 is 7.82 Å². The van der Waals surface area contributed by atoms with Gasteiger partial charge in [-0.25, -0.2) is 4.57 Å². The number of hydrogen-bond donors (Lipinski definition) is 4. The van der Waals surface area contributed by atoms with Crippen LogP contribution in [-0.4, -0.2) is 44.2 Å². The molecular weight excluding hydrogens is 171 g/mol. The van der Waals surface area contributed by atoms with Crippen LogP contribution in [0.3, 0.4) is 0 Å². The number of rotatable bonds is 0. The summed E-state index contributed by atoms with van der Waals surface area (Å²) < 4.78 is 8.88. The van der Waals surface area contributed by atoms with Crippen LogP contribution in [0.4, 0.5) is 0 Å². The summed E-state index contributed by atoms with van der Waals surface area (Å²) >= 11 is 0. The van der Waals surface area contributed by atoms with Gasteiger partial charge in [-0.05, 0) is 0 Å². The molecule has 0 radical (unpaired) electrons. The molecule has 0 fully saturated rings. The maximum absolute atomic E-state index is 8.88.